The Kier molecular flexibility index (Phi) is 5.09. The van der Waals surface area contributed by atoms with Crippen molar-refractivity contribution in [2.75, 3.05) is 0 Å². The average Bonchev–Trinajstić information content (AvgIpc) is 2.81. The fraction of sp³-hybridized carbons (Fsp3) is 0.650. The minimum Gasteiger partial charge on any atom is -0.490 e. The minimum atomic E-state index is -0.752. The Morgan fingerprint density at radius 3 is 2.32 bits per heavy atom. The van der Waals surface area contributed by atoms with Crippen LogP contribution in [0.4, 0.5) is 0 Å². The van der Waals surface area contributed by atoms with Crippen LogP contribution in [-0.4, -0.2) is 32.8 Å². The second kappa shape index (κ2) is 6.84. The number of ether oxygens (including phenoxy) is 1. The first-order valence-electron chi connectivity index (χ1n) is 9.18. The molecule has 2 aliphatic rings. The molecular weight excluding hydrogens is 334 g/mol. The van der Waals surface area contributed by atoms with Crippen LogP contribution in [0.2, 0.25) is 0 Å². The first kappa shape index (κ1) is 18.6. The van der Waals surface area contributed by atoms with Gasteiger partial charge >= 0.3 is 5.97 Å². The van der Waals surface area contributed by atoms with E-state index >= 15 is 0 Å². The molecule has 1 aliphatic heterocycles. The van der Waals surface area contributed by atoms with Gasteiger partial charge in [-0.2, -0.15) is 0 Å². The highest BCUT2D eigenvalue weighted by Gasteiger charge is 2.54. The molecule has 5 heteroatoms. The number of hydrogen-bond donors (Lipinski definition) is 2. The summed E-state index contributed by atoms with van der Waals surface area (Å²) in [5, 5.41) is 12.9. The van der Waals surface area contributed by atoms with E-state index in [0.717, 1.165) is 31.4 Å². The topological polar surface area (TPSA) is 58.6 Å². The van der Waals surface area contributed by atoms with Crippen LogP contribution in [0, 0.1) is 0 Å². The molecule has 138 valence electrons. The van der Waals surface area contributed by atoms with Crippen molar-refractivity contribution in [3.8, 4) is 5.75 Å². The molecular formula is C20H29NO3S. The highest BCUT2D eigenvalue weighted by Crippen LogP contribution is 2.51. The largest absolute Gasteiger partial charge is 0.490 e. The third kappa shape index (κ3) is 3.98. The molecule has 1 heterocycles. The molecule has 1 spiro atoms. The van der Waals surface area contributed by atoms with Crippen molar-refractivity contribution in [3.63, 3.8) is 0 Å². The molecule has 0 aromatic heterocycles. The van der Waals surface area contributed by atoms with Gasteiger partial charge < -0.3 is 9.84 Å². The normalized spacial score (nSPS) is 31.4. The third-order valence-corrected chi connectivity index (χ3v) is 7.08. The zero-order valence-electron chi connectivity index (χ0n) is 15.5. The summed E-state index contributed by atoms with van der Waals surface area (Å²) in [5.41, 5.74) is 1.32. The Morgan fingerprint density at radius 2 is 1.84 bits per heavy atom. The summed E-state index contributed by atoms with van der Waals surface area (Å²) in [4.78, 5) is 11.4. The van der Waals surface area contributed by atoms with Crippen molar-refractivity contribution < 1.29 is 14.6 Å². The lowest BCUT2D eigenvalue weighted by atomic mass is 9.91. The number of thioether (sulfide) groups is 1. The monoisotopic (exact) mass is 363 g/mol. The number of hydrogen-bond acceptors (Lipinski definition) is 4. The Morgan fingerprint density at radius 1 is 1.24 bits per heavy atom. The lowest BCUT2D eigenvalue weighted by molar-refractivity contribution is -0.140. The molecule has 0 unspecified atom stereocenters. The molecule has 3 rings (SSSR count). The van der Waals surface area contributed by atoms with Crippen LogP contribution in [0.25, 0.3) is 0 Å². The van der Waals surface area contributed by atoms with Crippen LogP contribution < -0.4 is 10.1 Å². The van der Waals surface area contributed by atoms with Crippen LogP contribution in [0.15, 0.2) is 24.3 Å². The highest BCUT2D eigenvalue weighted by molar-refractivity contribution is 8.02. The fourth-order valence-corrected chi connectivity index (χ4v) is 5.83. The summed E-state index contributed by atoms with van der Waals surface area (Å²) in [6.07, 6.45) is 4.01. The van der Waals surface area contributed by atoms with Gasteiger partial charge in [0.2, 0.25) is 0 Å². The summed E-state index contributed by atoms with van der Waals surface area (Å²) >= 11 is 1.79. The smallest absolute Gasteiger partial charge is 0.322 e. The quantitative estimate of drug-likeness (QED) is 0.830. The first-order valence-corrected chi connectivity index (χ1v) is 10.00. The molecule has 4 nitrogen and oxygen atoms in total. The fourth-order valence-electron chi connectivity index (χ4n) is 3.93. The van der Waals surface area contributed by atoms with Crippen LogP contribution in [0.1, 0.15) is 64.9 Å². The number of carbonyl (C=O) groups is 1. The summed E-state index contributed by atoms with van der Waals surface area (Å²) in [6.45, 7) is 8.43. The number of carboxylic acids is 1. The summed E-state index contributed by atoms with van der Waals surface area (Å²) in [7, 11) is 0. The van der Waals surface area contributed by atoms with E-state index in [-0.39, 0.29) is 15.7 Å². The molecule has 1 saturated carbocycles. The van der Waals surface area contributed by atoms with Crippen molar-refractivity contribution in [1.82, 2.24) is 5.32 Å². The van der Waals surface area contributed by atoms with E-state index in [1.54, 1.807) is 11.8 Å². The number of carboxylic acid groups (broad SMARTS) is 1. The maximum atomic E-state index is 11.5. The molecule has 0 bridgehead atoms. The summed E-state index contributed by atoms with van der Waals surface area (Å²) in [6, 6.07) is 7.91. The third-order valence-electron chi connectivity index (χ3n) is 5.40. The predicted molar refractivity (Wildman–Crippen MR) is 102 cm³/mol. The van der Waals surface area contributed by atoms with Crippen molar-refractivity contribution >= 4 is 17.7 Å². The number of rotatable bonds is 4. The van der Waals surface area contributed by atoms with Crippen LogP contribution in [0.5, 0.6) is 5.75 Å². The summed E-state index contributed by atoms with van der Waals surface area (Å²) in [5.74, 6) is 0.707. The lowest BCUT2D eigenvalue weighted by Crippen LogP contribution is -2.50. The molecule has 2 fully saturated rings. The van der Waals surface area contributed by atoms with Gasteiger partial charge in [-0.3, -0.25) is 10.1 Å². The van der Waals surface area contributed by atoms with Gasteiger partial charge in [-0.25, -0.2) is 0 Å². The van der Waals surface area contributed by atoms with Crippen LogP contribution >= 0.6 is 11.8 Å². The van der Waals surface area contributed by atoms with Crippen molar-refractivity contribution in [1.29, 1.82) is 0 Å². The predicted octanol–water partition coefficient (Wildman–Crippen LogP) is 4.40. The van der Waals surface area contributed by atoms with Crippen LogP contribution in [-0.2, 0) is 4.79 Å². The van der Waals surface area contributed by atoms with E-state index in [9.17, 15) is 9.90 Å². The standard InChI is InChI=1S/C20H29NO3S/c1-13(2)14-5-7-15(8-6-14)24-16-9-11-20(12-10-16)21-17(18(22)23)19(3,4)25-20/h5-8,13,16-17,21H,9-12H2,1-4H3,(H,22,23)/t16?,17-,20?/m0/s1. The second-order valence-corrected chi connectivity index (χ2v) is 10.2. The molecule has 0 radical (unpaired) electrons. The Balaban J connectivity index is 1.58. The van der Waals surface area contributed by atoms with E-state index in [0.29, 0.717) is 5.92 Å². The Hall–Kier alpha value is -1.20. The van der Waals surface area contributed by atoms with Gasteiger partial charge in [0.1, 0.15) is 11.8 Å². The maximum Gasteiger partial charge on any atom is 0.322 e. The molecule has 1 aliphatic carbocycles. The van der Waals surface area contributed by atoms with Gasteiger partial charge in [0.25, 0.3) is 0 Å². The molecule has 25 heavy (non-hydrogen) atoms. The highest BCUT2D eigenvalue weighted by atomic mass is 32.2. The van der Waals surface area contributed by atoms with Crippen LogP contribution in [0.3, 0.4) is 0 Å². The zero-order valence-corrected chi connectivity index (χ0v) is 16.4. The van der Waals surface area contributed by atoms with E-state index in [2.05, 4.69) is 43.4 Å². The maximum absolute atomic E-state index is 11.5. The zero-order chi connectivity index (χ0) is 18.2. The van der Waals surface area contributed by atoms with E-state index < -0.39 is 12.0 Å². The SMILES string of the molecule is CC(C)c1ccc(OC2CCC3(CC2)N[C@@H](C(=O)O)C(C)(C)S3)cc1. The molecule has 2 N–H and O–H groups in total. The van der Waals surface area contributed by atoms with Gasteiger partial charge in [0, 0.05) is 4.75 Å². The van der Waals surface area contributed by atoms with Crippen molar-refractivity contribution in [2.45, 2.75) is 81.1 Å². The molecule has 1 aromatic carbocycles. The molecule has 0 amide bonds. The van der Waals surface area contributed by atoms with Gasteiger partial charge in [-0.1, -0.05) is 26.0 Å². The Labute approximate surface area is 154 Å². The second-order valence-electron chi connectivity index (χ2n) is 8.16. The number of aliphatic carboxylic acids is 1. The molecule has 1 saturated heterocycles. The van der Waals surface area contributed by atoms with E-state index in [1.165, 1.54) is 5.56 Å². The van der Waals surface area contributed by atoms with E-state index in [4.69, 9.17) is 4.74 Å². The Bertz CT molecular complexity index is 618. The number of nitrogens with one attached hydrogen (secondary N) is 1. The van der Waals surface area contributed by atoms with E-state index in [1.807, 2.05) is 13.8 Å². The number of benzene rings is 1. The van der Waals surface area contributed by atoms with Gasteiger partial charge in [-0.15, -0.1) is 11.8 Å². The van der Waals surface area contributed by atoms with Gasteiger partial charge in [0.05, 0.1) is 11.0 Å². The first-order chi connectivity index (χ1) is 11.7. The molecule has 1 aromatic rings. The van der Waals surface area contributed by atoms with Gasteiger partial charge in [0.15, 0.2) is 0 Å². The molecule has 1 atom stereocenters. The van der Waals surface area contributed by atoms with Crippen molar-refractivity contribution in [3.05, 3.63) is 29.8 Å². The lowest BCUT2D eigenvalue weighted by Gasteiger charge is -2.37. The van der Waals surface area contributed by atoms with Gasteiger partial charge in [-0.05, 0) is 63.1 Å². The minimum absolute atomic E-state index is 0.117. The van der Waals surface area contributed by atoms with Crippen molar-refractivity contribution in [2.24, 2.45) is 0 Å². The average molecular weight is 364 g/mol. The summed E-state index contributed by atoms with van der Waals surface area (Å²) < 4.78 is 5.88.